The van der Waals surface area contributed by atoms with Crippen molar-refractivity contribution >= 4 is 22.7 Å². The first kappa shape index (κ1) is 19.1. The van der Waals surface area contributed by atoms with Gasteiger partial charge in [-0.05, 0) is 29.3 Å². The molecule has 154 valence electrons. The summed E-state index contributed by atoms with van der Waals surface area (Å²) in [5, 5.41) is 4.07. The molecule has 0 bridgehead atoms. The minimum atomic E-state index is -0.533. The van der Waals surface area contributed by atoms with E-state index in [0.717, 1.165) is 27.6 Å². The molecular formula is C25H22N4O2. The van der Waals surface area contributed by atoms with Crippen LogP contribution in [0, 0.1) is 0 Å². The van der Waals surface area contributed by atoms with Crippen LogP contribution in [0.25, 0.3) is 10.9 Å². The molecule has 6 heteroatoms. The van der Waals surface area contributed by atoms with Crippen molar-refractivity contribution in [3.63, 3.8) is 0 Å². The maximum absolute atomic E-state index is 13.5. The van der Waals surface area contributed by atoms with Crippen LogP contribution >= 0.6 is 0 Å². The molecule has 0 aliphatic carbocycles. The number of nitrogens with one attached hydrogen (secondary N) is 2. The highest BCUT2D eigenvalue weighted by Gasteiger charge is 2.43. The zero-order valence-electron chi connectivity index (χ0n) is 17.1. The fraction of sp³-hybridized carbons (Fsp3) is 0.160. The molecule has 2 aromatic carbocycles. The number of carbonyl (C=O) groups is 2. The van der Waals surface area contributed by atoms with E-state index in [9.17, 15) is 9.59 Å². The van der Waals surface area contributed by atoms with Crippen LogP contribution in [0.3, 0.4) is 0 Å². The van der Waals surface area contributed by atoms with Gasteiger partial charge in [-0.1, -0.05) is 42.5 Å². The van der Waals surface area contributed by atoms with Gasteiger partial charge in [0.25, 0.3) is 5.91 Å². The molecule has 2 atom stereocenters. The summed E-state index contributed by atoms with van der Waals surface area (Å²) in [6.07, 6.45) is 5.35. The molecule has 31 heavy (non-hydrogen) atoms. The average Bonchev–Trinajstić information content (AvgIpc) is 3.24. The van der Waals surface area contributed by atoms with Gasteiger partial charge in [-0.3, -0.25) is 14.6 Å². The molecule has 1 aliphatic heterocycles. The Morgan fingerprint density at radius 3 is 2.71 bits per heavy atom. The summed E-state index contributed by atoms with van der Waals surface area (Å²) in [6, 6.07) is 18.7. The smallest absolute Gasteiger partial charge is 0.254 e. The first-order chi connectivity index (χ1) is 15.1. The minimum Gasteiger partial charge on any atom is -0.361 e. The van der Waals surface area contributed by atoms with Crippen LogP contribution in [-0.4, -0.2) is 33.7 Å². The second kappa shape index (κ2) is 7.72. The lowest BCUT2D eigenvalue weighted by Crippen LogP contribution is -2.45. The molecule has 0 saturated heterocycles. The Labute approximate surface area is 179 Å². The highest BCUT2D eigenvalue weighted by molar-refractivity contribution is 6.02. The third-order valence-electron chi connectivity index (χ3n) is 5.99. The molecule has 2 N–H and O–H groups in total. The molecule has 0 radical (unpaired) electrons. The van der Waals surface area contributed by atoms with Crippen LogP contribution in [0.1, 0.15) is 39.0 Å². The van der Waals surface area contributed by atoms with E-state index in [4.69, 9.17) is 0 Å². The number of fused-ring (bicyclic) bond motifs is 2. The number of pyridine rings is 1. The number of aromatic nitrogens is 2. The molecule has 2 unspecified atom stereocenters. The summed E-state index contributed by atoms with van der Waals surface area (Å²) < 4.78 is 0. The highest BCUT2D eigenvalue weighted by Crippen LogP contribution is 2.44. The summed E-state index contributed by atoms with van der Waals surface area (Å²) in [4.78, 5) is 35.8. The SMILES string of the molecule is CN1C(=O)c2ccccc2C(C(=O)NCc2cccnc2)C1c1c[nH]c2ccccc12. The molecule has 0 fully saturated rings. The first-order valence-corrected chi connectivity index (χ1v) is 10.2. The van der Waals surface area contributed by atoms with E-state index in [1.807, 2.05) is 60.8 Å². The molecule has 2 amide bonds. The van der Waals surface area contributed by atoms with Gasteiger partial charge in [-0.2, -0.15) is 0 Å². The number of amides is 2. The fourth-order valence-electron chi connectivity index (χ4n) is 4.49. The number of likely N-dealkylation sites (N-methyl/N-ethyl adjacent to an activating group) is 1. The maximum Gasteiger partial charge on any atom is 0.254 e. The van der Waals surface area contributed by atoms with E-state index in [1.165, 1.54) is 0 Å². The van der Waals surface area contributed by atoms with Gasteiger partial charge in [0.05, 0.1) is 12.0 Å². The lowest BCUT2D eigenvalue weighted by molar-refractivity contribution is -0.124. The number of nitrogens with zero attached hydrogens (tertiary/aromatic N) is 2. The van der Waals surface area contributed by atoms with Crippen LogP contribution in [0.2, 0.25) is 0 Å². The topological polar surface area (TPSA) is 78.1 Å². The van der Waals surface area contributed by atoms with Gasteiger partial charge in [-0.25, -0.2) is 0 Å². The standard InChI is InChI=1S/C25H22N4O2/c1-29-23(20-15-27-21-11-5-4-8-17(20)21)22(18-9-2-3-10-19(18)25(29)31)24(30)28-14-16-7-6-12-26-13-16/h2-13,15,22-23,27H,14H2,1H3,(H,28,30). The van der Waals surface area contributed by atoms with Crippen molar-refractivity contribution in [2.45, 2.75) is 18.5 Å². The van der Waals surface area contributed by atoms with Crippen LogP contribution in [0.5, 0.6) is 0 Å². The number of hydrogen-bond acceptors (Lipinski definition) is 3. The molecule has 5 rings (SSSR count). The third-order valence-corrected chi connectivity index (χ3v) is 5.99. The predicted octanol–water partition coefficient (Wildman–Crippen LogP) is 3.79. The van der Waals surface area contributed by atoms with Crippen molar-refractivity contribution in [1.29, 1.82) is 0 Å². The summed E-state index contributed by atoms with van der Waals surface area (Å²) in [5.41, 5.74) is 4.16. The predicted molar refractivity (Wildman–Crippen MR) is 118 cm³/mol. The summed E-state index contributed by atoms with van der Waals surface area (Å²) in [7, 11) is 1.77. The van der Waals surface area contributed by atoms with Crippen LogP contribution < -0.4 is 5.32 Å². The van der Waals surface area contributed by atoms with E-state index in [1.54, 1.807) is 30.4 Å². The number of H-pyrrole nitrogens is 1. The summed E-state index contributed by atoms with van der Waals surface area (Å²) >= 11 is 0. The van der Waals surface area contributed by atoms with Gasteiger partial charge < -0.3 is 15.2 Å². The van der Waals surface area contributed by atoms with E-state index < -0.39 is 12.0 Å². The van der Waals surface area contributed by atoms with Gasteiger partial charge in [0.1, 0.15) is 0 Å². The van der Waals surface area contributed by atoms with E-state index in [0.29, 0.717) is 12.1 Å². The Morgan fingerprint density at radius 1 is 1.06 bits per heavy atom. The summed E-state index contributed by atoms with van der Waals surface area (Å²) in [5.74, 6) is -0.733. The quantitative estimate of drug-likeness (QED) is 0.537. The minimum absolute atomic E-state index is 0.0813. The normalized spacial score (nSPS) is 18.1. The molecule has 4 aromatic rings. The van der Waals surface area contributed by atoms with E-state index in [-0.39, 0.29) is 11.8 Å². The van der Waals surface area contributed by atoms with Gasteiger partial charge in [-0.15, -0.1) is 0 Å². The highest BCUT2D eigenvalue weighted by atomic mass is 16.2. The fourth-order valence-corrected chi connectivity index (χ4v) is 4.49. The van der Waals surface area contributed by atoms with Crippen LogP contribution in [0.4, 0.5) is 0 Å². The van der Waals surface area contributed by atoms with Gasteiger partial charge >= 0.3 is 0 Å². The van der Waals surface area contributed by atoms with E-state index in [2.05, 4.69) is 15.3 Å². The Bertz CT molecular complexity index is 1260. The molecule has 1 aliphatic rings. The number of aromatic amines is 1. The number of carbonyl (C=O) groups excluding carboxylic acids is 2. The number of hydrogen-bond donors (Lipinski definition) is 2. The lowest BCUT2D eigenvalue weighted by Gasteiger charge is -2.39. The number of rotatable bonds is 4. The van der Waals surface area contributed by atoms with Crippen molar-refractivity contribution < 1.29 is 9.59 Å². The van der Waals surface area contributed by atoms with Crippen molar-refractivity contribution in [3.8, 4) is 0 Å². The molecule has 0 spiro atoms. The van der Waals surface area contributed by atoms with Crippen molar-refractivity contribution in [2.24, 2.45) is 0 Å². The van der Waals surface area contributed by atoms with Gasteiger partial charge in [0.2, 0.25) is 5.91 Å². The maximum atomic E-state index is 13.5. The van der Waals surface area contributed by atoms with Crippen molar-refractivity contribution in [1.82, 2.24) is 20.2 Å². The molecule has 2 aromatic heterocycles. The first-order valence-electron chi connectivity index (χ1n) is 10.2. The largest absolute Gasteiger partial charge is 0.361 e. The molecule has 6 nitrogen and oxygen atoms in total. The second-order valence-corrected chi connectivity index (χ2v) is 7.79. The average molecular weight is 410 g/mol. The Hall–Kier alpha value is -3.93. The van der Waals surface area contributed by atoms with Gasteiger partial charge in [0.15, 0.2) is 0 Å². The molecule has 0 saturated carbocycles. The second-order valence-electron chi connectivity index (χ2n) is 7.79. The Morgan fingerprint density at radius 2 is 1.87 bits per heavy atom. The van der Waals surface area contributed by atoms with Gasteiger partial charge in [0, 0.05) is 54.2 Å². The Balaban J connectivity index is 1.59. The zero-order chi connectivity index (χ0) is 21.4. The number of benzene rings is 2. The third kappa shape index (κ3) is 3.26. The molecular weight excluding hydrogens is 388 g/mol. The van der Waals surface area contributed by atoms with Crippen molar-refractivity contribution in [2.75, 3.05) is 7.05 Å². The lowest BCUT2D eigenvalue weighted by atomic mass is 9.79. The zero-order valence-corrected chi connectivity index (χ0v) is 17.1. The monoisotopic (exact) mass is 410 g/mol. The van der Waals surface area contributed by atoms with Crippen LogP contribution in [-0.2, 0) is 11.3 Å². The Kier molecular flexibility index (Phi) is 4.75. The van der Waals surface area contributed by atoms with E-state index >= 15 is 0 Å². The summed E-state index contributed by atoms with van der Waals surface area (Å²) in [6.45, 7) is 0.379. The van der Waals surface area contributed by atoms with Crippen molar-refractivity contribution in [3.05, 3.63) is 102 Å². The molecule has 3 heterocycles. The number of para-hydroxylation sites is 1. The van der Waals surface area contributed by atoms with Crippen LogP contribution in [0.15, 0.2) is 79.3 Å².